The Morgan fingerprint density at radius 3 is 2.77 bits per heavy atom. The van der Waals surface area contributed by atoms with Gasteiger partial charge in [0.15, 0.2) is 17.2 Å². The maximum Gasteiger partial charge on any atom is 0.254 e. The van der Waals surface area contributed by atoms with Crippen molar-refractivity contribution in [1.82, 2.24) is 19.7 Å². The van der Waals surface area contributed by atoms with Crippen LogP contribution < -0.4 is 4.74 Å². The van der Waals surface area contributed by atoms with Gasteiger partial charge in [-0.2, -0.15) is 5.10 Å². The molecule has 4 aromatic rings. The Morgan fingerprint density at radius 2 is 2.10 bits per heavy atom. The highest BCUT2D eigenvalue weighted by Gasteiger charge is 2.22. The van der Waals surface area contributed by atoms with Crippen molar-refractivity contribution in [1.29, 1.82) is 0 Å². The van der Waals surface area contributed by atoms with E-state index in [9.17, 15) is 9.18 Å². The topological polar surface area (TPSA) is 60.2 Å². The number of nitrogens with zero attached hydrogens (tertiary/aromatic N) is 4. The van der Waals surface area contributed by atoms with E-state index in [1.807, 2.05) is 37.6 Å². The molecule has 0 N–H and O–H groups in total. The summed E-state index contributed by atoms with van der Waals surface area (Å²) in [6, 6.07) is 10.4. The van der Waals surface area contributed by atoms with Crippen LogP contribution >= 0.6 is 11.3 Å². The zero-order valence-electron chi connectivity index (χ0n) is 17.1. The minimum absolute atomic E-state index is 0.174. The van der Waals surface area contributed by atoms with E-state index in [4.69, 9.17) is 9.72 Å². The number of amides is 1. The van der Waals surface area contributed by atoms with Crippen LogP contribution in [0.4, 0.5) is 4.39 Å². The Kier molecular flexibility index (Phi) is 5.26. The molecule has 0 unspecified atom stereocenters. The van der Waals surface area contributed by atoms with Gasteiger partial charge in [-0.3, -0.25) is 9.48 Å². The van der Waals surface area contributed by atoms with E-state index in [2.05, 4.69) is 5.10 Å². The number of carbonyl (C=O) groups excluding carboxylic acids is 1. The summed E-state index contributed by atoms with van der Waals surface area (Å²) in [6.07, 6.45) is 0. The molecule has 154 valence electrons. The first-order valence-electron chi connectivity index (χ1n) is 9.35. The van der Waals surface area contributed by atoms with Crippen molar-refractivity contribution in [2.45, 2.75) is 13.5 Å². The number of rotatable bonds is 5. The third-order valence-electron chi connectivity index (χ3n) is 4.96. The van der Waals surface area contributed by atoms with Crippen LogP contribution in [0.25, 0.3) is 21.6 Å². The lowest BCUT2D eigenvalue weighted by molar-refractivity contribution is 0.0787. The number of halogens is 1. The molecule has 0 spiro atoms. The van der Waals surface area contributed by atoms with E-state index >= 15 is 0 Å². The first kappa shape index (κ1) is 20.0. The molecule has 1 aromatic carbocycles. The molecule has 0 aliphatic rings. The van der Waals surface area contributed by atoms with Gasteiger partial charge in [0.05, 0.1) is 34.3 Å². The van der Waals surface area contributed by atoms with Gasteiger partial charge in [0.1, 0.15) is 0 Å². The lowest BCUT2D eigenvalue weighted by Crippen LogP contribution is -2.26. The Balaban J connectivity index is 1.74. The van der Waals surface area contributed by atoms with Crippen molar-refractivity contribution in [2.75, 3.05) is 14.2 Å². The average molecular weight is 425 g/mol. The summed E-state index contributed by atoms with van der Waals surface area (Å²) in [7, 11) is 4.94. The molecule has 0 radical (unpaired) electrons. The van der Waals surface area contributed by atoms with Gasteiger partial charge in [-0.15, -0.1) is 11.3 Å². The Labute approximate surface area is 177 Å². The van der Waals surface area contributed by atoms with E-state index in [-0.39, 0.29) is 18.2 Å². The van der Waals surface area contributed by atoms with Crippen molar-refractivity contribution in [3.05, 3.63) is 64.4 Å². The van der Waals surface area contributed by atoms with Crippen LogP contribution in [0.3, 0.4) is 0 Å². The number of hydrogen-bond acceptors (Lipinski definition) is 5. The predicted molar refractivity (Wildman–Crippen MR) is 115 cm³/mol. The van der Waals surface area contributed by atoms with Crippen LogP contribution in [0, 0.1) is 12.7 Å². The van der Waals surface area contributed by atoms with Crippen LogP contribution in [0.5, 0.6) is 5.75 Å². The number of thiophene rings is 1. The summed E-state index contributed by atoms with van der Waals surface area (Å²) in [5.74, 6) is -0.451. The molecule has 0 atom stereocenters. The second-order valence-electron chi connectivity index (χ2n) is 7.07. The monoisotopic (exact) mass is 424 g/mol. The van der Waals surface area contributed by atoms with Crippen molar-refractivity contribution < 1.29 is 13.9 Å². The Bertz CT molecular complexity index is 1230. The lowest BCUT2D eigenvalue weighted by Gasteiger charge is -2.19. The second kappa shape index (κ2) is 7.87. The van der Waals surface area contributed by atoms with Crippen LogP contribution in [0.1, 0.15) is 21.6 Å². The molecule has 3 aromatic heterocycles. The number of aryl methyl sites for hydroxylation is 2. The minimum Gasteiger partial charge on any atom is -0.494 e. The maximum absolute atomic E-state index is 14.1. The highest BCUT2D eigenvalue weighted by atomic mass is 32.1. The first-order valence-corrected chi connectivity index (χ1v) is 10.2. The molecule has 30 heavy (non-hydrogen) atoms. The predicted octanol–water partition coefficient (Wildman–Crippen LogP) is 4.43. The smallest absolute Gasteiger partial charge is 0.254 e. The summed E-state index contributed by atoms with van der Waals surface area (Å²) < 4.78 is 20.7. The highest BCUT2D eigenvalue weighted by molar-refractivity contribution is 7.13. The van der Waals surface area contributed by atoms with Crippen molar-refractivity contribution in [3.8, 4) is 16.3 Å². The molecule has 4 rings (SSSR count). The number of hydrogen-bond donors (Lipinski definition) is 0. The lowest BCUT2D eigenvalue weighted by atomic mass is 10.1. The maximum atomic E-state index is 14.1. The number of methoxy groups -OCH3 is 1. The third-order valence-corrected chi connectivity index (χ3v) is 5.85. The molecular formula is C22H21FN4O2S. The average Bonchev–Trinajstić information content (AvgIpc) is 3.36. The normalized spacial score (nSPS) is 11.1. The number of aromatic nitrogens is 3. The van der Waals surface area contributed by atoms with E-state index in [1.165, 1.54) is 13.2 Å². The molecule has 1 amide bonds. The standard InChI is InChI=1S/C22H21FN4O2S/c1-13-20-15(11-17(19-6-5-9-30-19)24-21(20)27(3)25-13)22(28)26(2)12-14-7-8-18(29-4)16(23)10-14/h5-11H,12H2,1-4H3. The molecule has 3 heterocycles. The fourth-order valence-corrected chi connectivity index (χ4v) is 4.21. The van der Waals surface area contributed by atoms with E-state index in [1.54, 1.807) is 40.1 Å². The summed E-state index contributed by atoms with van der Waals surface area (Å²) >= 11 is 1.56. The Morgan fingerprint density at radius 1 is 1.30 bits per heavy atom. The molecule has 0 saturated heterocycles. The SMILES string of the molecule is COc1ccc(CN(C)C(=O)c2cc(-c3cccs3)nc3c2c(C)nn3C)cc1F. The molecular weight excluding hydrogens is 403 g/mol. The summed E-state index contributed by atoms with van der Waals surface area (Å²) in [5, 5.41) is 7.16. The van der Waals surface area contributed by atoms with Crippen LogP contribution in [0.15, 0.2) is 41.8 Å². The van der Waals surface area contributed by atoms with Crippen molar-refractivity contribution >= 4 is 28.3 Å². The molecule has 0 aliphatic carbocycles. The number of pyridine rings is 1. The van der Waals surface area contributed by atoms with Gasteiger partial charge >= 0.3 is 0 Å². The van der Waals surface area contributed by atoms with Crippen molar-refractivity contribution in [2.24, 2.45) is 7.05 Å². The highest BCUT2D eigenvalue weighted by Crippen LogP contribution is 2.30. The van der Waals surface area contributed by atoms with Gasteiger partial charge in [-0.1, -0.05) is 12.1 Å². The van der Waals surface area contributed by atoms with E-state index in [0.717, 1.165) is 21.7 Å². The third kappa shape index (κ3) is 3.54. The number of benzene rings is 1. The zero-order valence-corrected chi connectivity index (χ0v) is 18.0. The van der Waals surface area contributed by atoms with Crippen LogP contribution in [-0.4, -0.2) is 39.7 Å². The molecule has 0 bridgehead atoms. The second-order valence-corrected chi connectivity index (χ2v) is 8.02. The molecule has 8 heteroatoms. The van der Waals surface area contributed by atoms with Gasteiger partial charge in [0.2, 0.25) is 0 Å². The van der Waals surface area contributed by atoms with Gasteiger partial charge in [-0.25, -0.2) is 9.37 Å². The summed E-state index contributed by atoms with van der Waals surface area (Å²) in [4.78, 5) is 20.7. The van der Waals surface area contributed by atoms with Gasteiger partial charge < -0.3 is 9.64 Å². The Hall–Kier alpha value is -3.26. The van der Waals surface area contributed by atoms with E-state index in [0.29, 0.717) is 16.8 Å². The molecule has 0 saturated carbocycles. The molecule has 6 nitrogen and oxygen atoms in total. The number of fused-ring (bicyclic) bond motifs is 1. The fraction of sp³-hybridized carbons (Fsp3) is 0.227. The van der Waals surface area contributed by atoms with Crippen molar-refractivity contribution in [3.63, 3.8) is 0 Å². The largest absolute Gasteiger partial charge is 0.494 e. The van der Waals surface area contributed by atoms with Crippen LogP contribution in [0.2, 0.25) is 0 Å². The number of carbonyl (C=O) groups is 1. The van der Waals surface area contributed by atoms with Gasteiger partial charge in [0.25, 0.3) is 5.91 Å². The van der Waals surface area contributed by atoms with E-state index < -0.39 is 5.82 Å². The van der Waals surface area contributed by atoms with Gasteiger partial charge in [0, 0.05) is 20.6 Å². The molecule has 0 aliphatic heterocycles. The zero-order chi connectivity index (χ0) is 21.4. The number of ether oxygens (including phenoxy) is 1. The fourth-order valence-electron chi connectivity index (χ4n) is 3.52. The summed E-state index contributed by atoms with van der Waals surface area (Å²) in [5.41, 5.74) is 3.34. The quantitative estimate of drug-likeness (QED) is 0.476. The van der Waals surface area contributed by atoms with Crippen LogP contribution in [-0.2, 0) is 13.6 Å². The van der Waals surface area contributed by atoms with Gasteiger partial charge in [-0.05, 0) is 42.1 Å². The molecule has 0 fully saturated rings. The minimum atomic E-state index is -0.453. The summed E-state index contributed by atoms with van der Waals surface area (Å²) in [6.45, 7) is 2.13. The first-order chi connectivity index (χ1) is 14.4.